The zero-order valence-corrected chi connectivity index (χ0v) is 10.4. The Morgan fingerprint density at radius 3 is 2.41 bits per heavy atom. The van der Waals surface area contributed by atoms with E-state index < -0.39 is 5.54 Å². The lowest BCUT2D eigenvalue weighted by Gasteiger charge is -2.22. The minimum Gasteiger partial charge on any atom is -0.394 e. The molecule has 3 N–H and O–H groups in total. The SMILES string of the molecule is Cc1ccc(CC(C)(N)CO)c2ccccc12. The third-order valence-corrected chi connectivity index (χ3v) is 3.19. The van der Waals surface area contributed by atoms with Gasteiger partial charge in [0, 0.05) is 5.54 Å². The molecule has 90 valence electrons. The van der Waals surface area contributed by atoms with Crippen LogP contribution in [0.4, 0.5) is 0 Å². The third kappa shape index (κ3) is 2.48. The molecule has 1 unspecified atom stereocenters. The van der Waals surface area contributed by atoms with E-state index in [4.69, 9.17) is 5.73 Å². The van der Waals surface area contributed by atoms with Gasteiger partial charge in [-0.15, -0.1) is 0 Å². The van der Waals surface area contributed by atoms with Crippen molar-refractivity contribution >= 4 is 10.8 Å². The standard InChI is InChI=1S/C15H19NO/c1-11-7-8-12(9-15(2,16)10-17)14-6-4-3-5-13(11)14/h3-8,17H,9-10,16H2,1-2H3. The molecule has 0 aliphatic carbocycles. The number of rotatable bonds is 3. The molecule has 0 radical (unpaired) electrons. The van der Waals surface area contributed by atoms with Crippen molar-refractivity contribution in [1.82, 2.24) is 0 Å². The van der Waals surface area contributed by atoms with Crippen molar-refractivity contribution in [3.8, 4) is 0 Å². The van der Waals surface area contributed by atoms with Gasteiger partial charge in [-0.2, -0.15) is 0 Å². The van der Waals surface area contributed by atoms with Crippen molar-refractivity contribution < 1.29 is 5.11 Å². The monoisotopic (exact) mass is 229 g/mol. The summed E-state index contributed by atoms with van der Waals surface area (Å²) in [6, 6.07) is 12.6. The van der Waals surface area contributed by atoms with Gasteiger partial charge in [0.05, 0.1) is 6.61 Å². The normalized spacial score (nSPS) is 14.8. The molecule has 0 saturated heterocycles. The van der Waals surface area contributed by atoms with Crippen LogP contribution in [-0.2, 0) is 6.42 Å². The summed E-state index contributed by atoms with van der Waals surface area (Å²) in [4.78, 5) is 0. The van der Waals surface area contributed by atoms with Crippen molar-refractivity contribution in [1.29, 1.82) is 0 Å². The van der Waals surface area contributed by atoms with E-state index in [0.717, 1.165) is 0 Å². The molecule has 2 heteroatoms. The summed E-state index contributed by atoms with van der Waals surface area (Å²) in [6.07, 6.45) is 0.685. The first-order valence-electron chi connectivity index (χ1n) is 5.90. The molecular weight excluding hydrogens is 210 g/mol. The van der Waals surface area contributed by atoms with E-state index in [1.165, 1.54) is 21.9 Å². The summed E-state index contributed by atoms with van der Waals surface area (Å²) >= 11 is 0. The highest BCUT2D eigenvalue weighted by Gasteiger charge is 2.18. The molecule has 0 fully saturated rings. The van der Waals surface area contributed by atoms with Gasteiger partial charge in [0.25, 0.3) is 0 Å². The summed E-state index contributed by atoms with van der Waals surface area (Å²) in [5, 5.41) is 11.8. The minimum atomic E-state index is -0.558. The van der Waals surface area contributed by atoms with E-state index in [-0.39, 0.29) is 6.61 Å². The molecule has 0 bridgehead atoms. The van der Waals surface area contributed by atoms with Crippen molar-refractivity contribution in [3.63, 3.8) is 0 Å². The van der Waals surface area contributed by atoms with Crippen LogP contribution in [0.5, 0.6) is 0 Å². The van der Waals surface area contributed by atoms with Gasteiger partial charge in [0.2, 0.25) is 0 Å². The molecule has 0 aliphatic heterocycles. The Balaban J connectivity index is 2.52. The number of aliphatic hydroxyl groups is 1. The van der Waals surface area contributed by atoms with E-state index in [1.54, 1.807) is 0 Å². The number of fused-ring (bicyclic) bond motifs is 1. The number of benzene rings is 2. The van der Waals surface area contributed by atoms with Crippen molar-refractivity contribution in [2.24, 2.45) is 5.73 Å². The van der Waals surface area contributed by atoms with E-state index in [9.17, 15) is 5.11 Å². The second kappa shape index (κ2) is 4.47. The molecule has 0 saturated carbocycles. The van der Waals surface area contributed by atoms with Crippen LogP contribution in [-0.4, -0.2) is 17.3 Å². The fraction of sp³-hybridized carbons (Fsp3) is 0.333. The lowest BCUT2D eigenvalue weighted by molar-refractivity contribution is 0.208. The molecule has 2 nitrogen and oxygen atoms in total. The molecule has 0 amide bonds. The Labute approximate surface area is 102 Å². The molecule has 17 heavy (non-hydrogen) atoms. The van der Waals surface area contributed by atoms with Crippen LogP contribution in [0.2, 0.25) is 0 Å². The Bertz CT molecular complexity index is 531. The van der Waals surface area contributed by atoms with Crippen LogP contribution < -0.4 is 5.73 Å². The minimum absolute atomic E-state index is 0.00476. The largest absolute Gasteiger partial charge is 0.394 e. The first-order valence-corrected chi connectivity index (χ1v) is 5.90. The zero-order chi connectivity index (χ0) is 12.5. The Morgan fingerprint density at radius 2 is 1.76 bits per heavy atom. The van der Waals surface area contributed by atoms with E-state index in [0.29, 0.717) is 6.42 Å². The van der Waals surface area contributed by atoms with Crippen molar-refractivity contribution in [2.45, 2.75) is 25.8 Å². The van der Waals surface area contributed by atoms with Crippen LogP contribution >= 0.6 is 0 Å². The second-order valence-electron chi connectivity index (χ2n) is 5.08. The number of aryl methyl sites for hydroxylation is 1. The quantitative estimate of drug-likeness (QED) is 0.849. The lowest BCUT2D eigenvalue weighted by Crippen LogP contribution is -2.42. The lowest BCUT2D eigenvalue weighted by atomic mass is 9.90. The van der Waals surface area contributed by atoms with Gasteiger partial charge >= 0.3 is 0 Å². The maximum absolute atomic E-state index is 9.26. The molecular formula is C15H19NO. The molecule has 0 heterocycles. The summed E-state index contributed by atoms with van der Waals surface area (Å²) in [5.41, 5.74) is 7.94. The first-order chi connectivity index (χ1) is 8.03. The fourth-order valence-electron chi connectivity index (χ4n) is 2.16. The van der Waals surface area contributed by atoms with Gasteiger partial charge in [-0.05, 0) is 42.2 Å². The third-order valence-electron chi connectivity index (χ3n) is 3.19. The highest BCUT2D eigenvalue weighted by atomic mass is 16.3. The molecule has 1 atom stereocenters. The van der Waals surface area contributed by atoms with Crippen LogP contribution in [0.25, 0.3) is 10.8 Å². The zero-order valence-electron chi connectivity index (χ0n) is 10.4. The van der Waals surface area contributed by atoms with Crippen LogP contribution in [0.15, 0.2) is 36.4 Å². The van der Waals surface area contributed by atoms with Gasteiger partial charge in [0.1, 0.15) is 0 Å². The average molecular weight is 229 g/mol. The number of nitrogens with two attached hydrogens (primary N) is 1. The summed E-state index contributed by atoms with van der Waals surface area (Å²) in [6.45, 7) is 3.98. The van der Waals surface area contributed by atoms with Crippen LogP contribution in [0.3, 0.4) is 0 Å². The number of hydrogen-bond donors (Lipinski definition) is 2. The molecule has 2 aromatic carbocycles. The van der Waals surface area contributed by atoms with Gasteiger partial charge in [0.15, 0.2) is 0 Å². The topological polar surface area (TPSA) is 46.2 Å². The fourth-order valence-corrected chi connectivity index (χ4v) is 2.16. The predicted octanol–water partition coefficient (Wildman–Crippen LogP) is 2.40. The Hall–Kier alpha value is -1.38. The van der Waals surface area contributed by atoms with Gasteiger partial charge in [-0.25, -0.2) is 0 Å². The first kappa shape index (κ1) is 12.1. The Morgan fingerprint density at radius 1 is 1.12 bits per heavy atom. The highest BCUT2D eigenvalue weighted by Crippen LogP contribution is 2.24. The maximum Gasteiger partial charge on any atom is 0.0611 e. The molecule has 0 spiro atoms. The number of aliphatic hydroxyl groups excluding tert-OH is 1. The summed E-state index contributed by atoms with van der Waals surface area (Å²) in [7, 11) is 0. The van der Waals surface area contributed by atoms with Crippen molar-refractivity contribution in [3.05, 3.63) is 47.5 Å². The second-order valence-corrected chi connectivity index (χ2v) is 5.08. The van der Waals surface area contributed by atoms with E-state index >= 15 is 0 Å². The summed E-state index contributed by atoms with van der Waals surface area (Å²) in [5.74, 6) is 0. The van der Waals surface area contributed by atoms with E-state index in [2.05, 4.69) is 31.2 Å². The number of hydrogen-bond acceptors (Lipinski definition) is 2. The smallest absolute Gasteiger partial charge is 0.0611 e. The van der Waals surface area contributed by atoms with Gasteiger partial charge < -0.3 is 10.8 Å². The van der Waals surface area contributed by atoms with Crippen LogP contribution in [0.1, 0.15) is 18.1 Å². The predicted molar refractivity (Wildman–Crippen MR) is 72.1 cm³/mol. The van der Waals surface area contributed by atoms with Crippen molar-refractivity contribution in [2.75, 3.05) is 6.61 Å². The van der Waals surface area contributed by atoms with Crippen LogP contribution in [0, 0.1) is 6.92 Å². The molecule has 0 aliphatic rings. The van der Waals surface area contributed by atoms with E-state index in [1.807, 2.05) is 19.1 Å². The highest BCUT2D eigenvalue weighted by molar-refractivity contribution is 5.88. The van der Waals surface area contributed by atoms with Gasteiger partial charge in [-0.3, -0.25) is 0 Å². The molecule has 0 aromatic heterocycles. The average Bonchev–Trinajstić information content (AvgIpc) is 2.33. The maximum atomic E-state index is 9.26. The molecule has 2 aromatic rings. The Kier molecular flexibility index (Phi) is 3.18. The molecule has 2 rings (SSSR count). The van der Waals surface area contributed by atoms with Gasteiger partial charge in [-0.1, -0.05) is 36.4 Å². The summed E-state index contributed by atoms with van der Waals surface area (Å²) < 4.78 is 0.